The van der Waals surface area contributed by atoms with Gasteiger partial charge < -0.3 is 26.4 Å². The van der Waals surface area contributed by atoms with Gasteiger partial charge in [-0.2, -0.15) is 0 Å². The molecule has 0 spiro atoms. The average molecular weight is 196 g/mol. The Labute approximate surface area is 80.7 Å². The predicted octanol–water partition coefficient (Wildman–Crippen LogP) is -0.861. The van der Waals surface area contributed by atoms with Crippen LogP contribution in [-0.2, 0) is 9.47 Å². The quantitative estimate of drug-likeness (QED) is 0.539. The average Bonchev–Trinajstić information content (AvgIpc) is 2.12. The molecule has 5 nitrogen and oxygen atoms in total. The summed E-state index contributed by atoms with van der Waals surface area (Å²) in [4.78, 5) is 0. The first kappa shape index (κ1) is 18.6. The molecule has 0 aliphatic carbocycles. The summed E-state index contributed by atoms with van der Waals surface area (Å²) in [5.41, 5.74) is 10.2. The molecule has 0 aliphatic heterocycles. The van der Waals surface area contributed by atoms with Crippen LogP contribution in [0.5, 0.6) is 0 Å². The zero-order chi connectivity index (χ0) is 9.66. The van der Waals surface area contributed by atoms with Crippen LogP contribution in [0.2, 0.25) is 0 Å². The van der Waals surface area contributed by atoms with Crippen LogP contribution in [-0.4, -0.2) is 45.0 Å². The molecule has 5 heteroatoms. The molecule has 0 atom stereocenters. The van der Waals surface area contributed by atoms with Crippen LogP contribution in [0.3, 0.4) is 0 Å². The van der Waals surface area contributed by atoms with Gasteiger partial charge in [0.1, 0.15) is 0 Å². The second kappa shape index (κ2) is 22.6. The second-order valence-corrected chi connectivity index (χ2v) is 1.97. The molecule has 13 heavy (non-hydrogen) atoms. The van der Waals surface area contributed by atoms with Crippen LogP contribution < -0.4 is 11.5 Å². The summed E-state index contributed by atoms with van der Waals surface area (Å²) in [5, 5.41) is 0. The van der Waals surface area contributed by atoms with E-state index in [-0.39, 0.29) is 5.48 Å². The van der Waals surface area contributed by atoms with E-state index in [0.717, 1.165) is 13.2 Å². The zero-order valence-electron chi connectivity index (χ0n) is 8.71. The fourth-order valence-electron chi connectivity index (χ4n) is 0.455. The Kier molecular flexibility index (Phi) is 32.3. The van der Waals surface area contributed by atoms with Gasteiger partial charge in [-0.3, -0.25) is 0 Å². The summed E-state index contributed by atoms with van der Waals surface area (Å²) in [5.74, 6) is 0. The highest BCUT2D eigenvalue weighted by Gasteiger charge is 1.73. The normalized spacial score (nSPS) is 8.31. The van der Waals surface area contributed by atoms with E-state index in [4.69, 9.17) is 20.9 Å². The van der Waals surface area contributed by atoms with Gasteiger partial charge in [0.25, 0.3) is 0 Å². The molecule has 84 valence electrons. The van der Waals surface area contributed by atoms with Crippen molar-refractivity contribution in [2.45, 2.75) is 13.8 Å². The minimum absolute atomic E-state index is 0. The second-order valence-electron chi connectivity index (χ2n) is 1.97. The Hall–Kier alpha value is -0.200. The summed E-state index contributed by atoms with van der Waals surface area (Å²) in [7, 11) is 0. The van der Waals surface area contributed by atoms with E-state index < -0.39 is 0 Å². The molecule has 0 aromatic heterocycles. The minimum atomic E-state index is 0. The molecule has 6 N–H and O–H groups in total. The van der Waals surface area contributed by atoms with Crippen molar-refractivity contribution in [2.24, 2.45) is 11.5 Å². The molecule has 0 saturated heterocycles. The number of hydrogen-bond donors (Lipinski definition) is 2. The van der Waals surface area contributed by atoms with Crippen LogP contribution in [0, 0.1) is 0 Å². The lowest BCUT2D eigenvalue weighted by molar-refractivity contribution is 0.155. The molecule has 0 fully saturated rings. The summed E-state index contributed by atoms with van der Waals surface area (Å²) >= 11 is 0. The Morgan fingerprint density at radius 1 is 0.846 bits per heavy atom. The molecule has 0 aromatic carbocycles. The van der Waals surface area contributed by atoms with Crippen LogP contribution in [0.1, 0.15) is 13.8 Å². The van der Waals surface area contributed by atoms with E-state index in [1.54, 1.807) is 0 Å². The van der Waals surface area contributed by atoms with E-state index in [1.807, 2.05) is 13.8 Å². The van der Waals surface area contributed by atoms with Gasteiger partial charge in [-0.15, -0.1) is 0 Å². The molecule has 0 bridgehead atoms. The molecule has 0 amide bonds. The maximum atomic E-state index is 5.09. The Balaban J connectivity index is -0.000000143. The molecule has 0 aliphatic rings. The summed E-state index contributed by atoms with van der Waals surface area (Å²) in [6.07, 6.45) is 0. The molecule has 0 aromatic rings. The van der Waals surface area contributed by atoms with E-state index in [9.17, 15) is 0 Å². The largest absolute Gasteiger partial charge is 0.412 e. The van der Waals surface area contributed by atoms with Crippen molar-refractivity contribution in [3.8, 4) is 0 Å². The number of rotatable bonds is 6. The number of nitrogens with two attached hydrogens (primary N) is 2. The predicted molar refractivity (Wildman–Crippen MR) is 54.7 cm³/mol. The third-order valence-corrected chi connectivity index (χ3v) is 0.933. The first-order valence-electron chi connectivity index (χ1n) is 4.39. The fraction of sp³-hybridized carbons (Fsp3) is 1.00. The van der Waals surface area contributed by atoms with Crippen LogP contribution in [0.4, 0.5) is 0 Å². The molecule has 0 radical (unpaired) electrons. The lowest BCUT2D eigenvalue weighted by Gasteiger charge is -1.91. The number of hydrogen-bond acceptors (Lipinski definition) is 4. The SMILES string of the molecule is CCOCCN.CCOCCN.O. The van der Waals surface area contributed by atoms with Gasteiger partial charge in [0.15, 0.2) is 0 Å². The third-order valence-electron chi connectivity index (χ3n) is 0.933. The van der Waals surface area contributed by atoms with Crippen LogP contribution >= 0.6 is 0 Å². The smallest absolute Gasteiger partial charge is 0.0588 e. The Morgan fingerprint density at radius 2 is 1.15 bits per heavy atom. The third kappa shape index (κ3) is 33.7. The Morgan fingerprint density at radius 3 is 1.23 bits per heavy atom. The lowest BCUT2D eigenvalue weighted by atomic mass is 10.7. The van der Waals surface area contributed by atoms with Crippen molar-refractivity contribution in [3.05, 3.63) is 0 Å². The first-order chi connectivity index (χ1) is 5.83. The molecule has 0 heterocycles. The summed E-state index contributed by atoms with van der Waals surface area (Å²) < 4.78 is 9.72. The van der Waals surface area contributed by atoms with Crippen molar-refractivity contribution in [3.63, 3.8) is 0 Å². The van der Waals surface area contributed by atoms with E-state index in [2.05, 4.69) is 0 Å². The van der Waals surface area contributed by atoms with Gasteiger partial charge in [0.2, 0.25) is 0 Å². The van der Waals surface area contributed by atoms with Gasteiger partial charge in [-0.1, -0.05) is 0 Å². The van der Waals surface area contributed by atoms with Crippen molar-refractivity contribution < 1.29 is 14.9 Å². The molecule has 0 unspecified atom stereocenters. The van der Waals surface area contributed by atoms with Crippen molar-refractivity contribution in [1.29, 1.82) is 0 Å². The lowest BCUT2D eigenvalue weighted by Crippen LogP contribution is -2.07. The van der Waals surface area contributed by atoms with Gasteiger partial charge in [0, 0.05) is 26.3 Å². The van der Waals surface area contributed by atoms with Crippen molar-refractivity contribution in [1.82, 2.24) is 0 Å². The Bertz CT molecular complexity index is 49.4. The summed E-state index contributed by atoms with van der Waals surface area (Å²) in [6, 6.07) is 0. The monoisotopic (exact) mass is 196 g/mol. The van der Waals surface area contributed by atoms with E-state index >= 15 is 0 Å². The summed E-state index contributed by atoms with van der Waals surface area (Å²) in [6.45, 7) is 8.11. The van der Waals surface area contributed by atoms with E-state index in [1.165, 1.54) is 0 Å². The minimum Gasteiger partial charge on any atom is -0.412 e. The van der Waals surface area contributed by atoms with Crippen molar-refractivity contribution in [2.75, 3.05) is 39.5 Å². The zero-order valence-corrected chi connectivity index (χ0v) is 8.71. The van der Waals surface area contributed by atoms with E-state index in [0.29, 0.717) is 26.3 Å². The maximum Gasteiger partial charge on any atom is 0.0588 e. The van der Waals surface area contributed by atoms with Gasteiger partial charge in [-0.25, -0.2) is 0 Å². The molecular formula is C8H24N2O3. The maximum absolute atomic E-state index is 5.09. The number of ether oxygens (including phenoxy) is 2. The van der Waals surface area contributed by atoms with Gasteiger partial charge in [-0.05, 0) is 13.8 Å². The topological polar surface area (TPSA) is 102 Å². The first-order valence-corrected chi connectivity index (χ1v) is 4.39. The highest BCUT2D eigenvalue weighted by molar-refractivity contribution is 4.25. The van der Waals surface area contributed by atoms with Crippen LogP contribution in [0.25, 0.3) is 0 Å². The highest BCUT2D eigenvalue weighted by atomic mass is 16.5. The standard InChI is InChI=1S/2C4H11NO.H2O/c2*1-2-6-4-3-5;/h2*2-5H2,1H3;1H2. The van der Waals surface area contributed by atoms with Crippen molar-refractivity contribution >= 4 is 0 Å². The van der Waals surface area contributed by atoms with Gasteiger partial charge in [0.05, 0.1) is 13.2 Å². The molecular weight excluding hydrogens is 172 g/mol. The van der Waals surface area contributed by atoms with Crippen LogP contribution in [0.15, 0.2) is 0 Å². The highest BCUT2D eigenvalue weighted by Crippen LogP contribution is 1.65. The molecule has 0 saturated carbocycles. The fourth-order valence-corrected chi connectivity index (χ4v) is 0.455. The van der Waals surface area contributed by atoms with Gasteiger partial charge >= 0.3 is 0 Å². The molecule has 0 rings (SSSR count).